The Labute approximate surface area is 753 Å². The minimum Gasteiger partial charge on any atom is -0.496 e. The zero-order chi connectivity index (χ0) is 89.4. The summed E-state index contributed by atoms with van der Waals surface area (Å²) in [7, 11) is 6.07. The number of halogens is 9. The minimum absolute atomic E-state index is 0.0605. The van der Waals surface area contributed by atoms with Crippen LogP contribution in [0.5, 0.6) is 40.6 Å². The molecule has 16 nitrogen and oxygen atoms in total. The average Bonchev–Trinajstić information content (AvgIpc) is 0.984. The quantitative estimate of drug-likeness (QED) is 0.0352. The molecule has 0 bridgehead atoms. The molecule has 15 rings (SSSR count). The van der Waals surface area contributed by atoms with E-state index in [1.165, 1.54) is 66.4 Å². The van der Waals surface area contributed by atoms with Crippen LogP contribution in [0.4, 0.5) is 26.7 Å². The molecule has 1 saturated carbocycles. The molecule has 2 amide bonds. The number of carbonyl (C=O) groups excluding carboxylic acids is 2. The van der Waals surface area contributed by atoms with E-state index >= 15 is 17.6 Å². The number of benzene rings is 8. The number of hydrogen-bond acceptors (Lipinski definition) is 14. The van der Waals surface area contributed by atoms with Gasteiger partial charge in [0.1, 0.15) is 65.1 Å². The summed E-state index contributed by atoms with van der Waals surface area (Å²) in [5.41, 5.74) is 9.07. The molecule has 0 N–H and O–H groups in total. The van der Waals surface area contributed by atoms with E-state index in [1.54, 1.807) is 175 Å². The van der Waals surface area contributed by atoms with Crippen LogP contribution >= 0.6 is 46.4 Å². The summed E-state index contributed by atoms with van der Waals surface area (Å²) in [6.45, 7) is 10.5. The largest absolute Gasteiger partial charge is 0.496 e. The fourth-order valence-corrected chi connectivity index (χ4v) is 16.2. The van der Waals surface area contributed by atoms with Gasteiger partial charge in [0, 0.05) is 108 Å². The highest BCUT2D eigenvalue weighted by atomic mass is 35.5. The zero-order valence-electron chi connectivity index (χ0n) is 71.6. The van der Waals surface area contributed by atoms with Crippen molar-refractivity contribution in [1.29, 1.82) is 0 Å². The lowest BCUT2D eigenvalue weighted by molar-refractivity contribution is -0.132. The van der Waals surface area contributed by atoms with Crippen molar-refractivity contribution in [2.75, 3.05) is 61.3 Å². The molecule has 4 aromatic heterocycles. The summed E-state index contributed by atoms with van der Waals surface area (Å²) in [6, 6.07) is 56.1. The molecule has 2 atom stereocenters. The van der Waals surface area contributed by atoms with Gasteiger partial charge in [0.15, 0.2) is 0 Å². The number of amides is 2. The van der Waals surface area contributed by atoms with E-state index in [2.05, 4.69) is 19.9 Å². The van der Waals surface area contributed by atoms with Crippen molar-refractivity contribution in [3.05, 3.63) is 313 Å². The number of likely N-dealkylation sites (tertiary alicyclic amines) is 2. The molecule has 3 aliphatic rings. The van der Waals surface area contributed by atoms with Crippen LogP contribution in [0.1, 0.15) is 136 Å². The molecule has 8 aromatic carbocycles. The van der Waals surface area contributed by atoms with Gasteiger partial charge in [0.2, 0.25) is 29.5 Å². The van der Waals surface area contributed by atoms with Crippen molar-refractivity contribution in [2.45, 2.75) is 135 Å². The molecule has 12 aromatic rings. The lowest BCUT2D eigenvalue weighted by Gasteiger charge is -2.28. The van der Waals surface area contributed by atoms with Gasteiger partial charge in [-0.25, -0.2) is 42.3 Å². The topological polar surface area (TPSA) is 166 Å². The summed E-state index contributed by atoms with van der Waals surface area (Å²) < 4.78 is 119. The molecule has 126 heavy (non-hydrogen) atoms. The van der Waals surface area contributed by atoms with E-state index < -0.39 is 11.5 Å². The van der Waals surface area contributed by atoms with Crippen LogP contribution in [-0.4, -0.2) is 121 Å². The average molecular weight is 1800 g/mol. The van der Waals surface area contributed by atoms with Crippen molar-refractivity contribution in [2.24, 2.45) is 5.92 Å². The van der Waals surface area contributed by atoms with Crippen LogP contribution in [0, 0.1) is 35.1 Å². The second-order valence-corrected chi connectivity index (χ2v) is 33.6. The number of carbonyl (C=O) groups is 2. The Morgan fingerprint density at radius 1 is 0.397 bits per heavy atom. The van der Waals surface area contributed by atoms with Crippen molar-refractivity contribution < 1.29 is 69.4 Å². The number of rotatable bonds is 27. The third-order valence-electron chi connectivity index (χ3n) is 21.8. The zero-order valence-corrected chi connectivity index (χ0v) is 74.6. The molecule has 3 fully saturated rings. The molecule has 1 aliphatic carbocycles. The Morgan fingerprint density at radius 2 is 0.722 bits per heavy atom. The van der Waals surface area contributed by atoms with E-state index in [0.717, 1.165) is 67.5 Å². The highest BCUT2D eigenvalue weighted by Gasteiger charge is 2.34. The van der Waals surface area contributed by atoms with E-state index in [4.69, 9.17) is 84.3 Å². The lowest BCUT2D eigenvalue weighted by Crippen LogP contribution is -2.42. The maximum Gasteiger partial charge on any atom is 0.410 e. The molecule has 0 spiro atoms. The second-order valence-electron chi connectivity index (χ2n) is 31.9. The third kappa shape index (κ3) is 25.4. The predicted molar refractivity (Wildman–Crippen MR) is 486 cm³/mol. The molecule has 658 valence electrons. The normalized spacial score (nSPS) is 14.2. The maximum atomic E-state index is 15.6. The Kier molecular flexibility index (Phi) is 33.5. The van der Waals surface area contributed by atoms with Crippen molar-refractivity contribution >= 4 is 58.4 Å². The first-order valence-corrected chi connectivity index (χ1v) is 43.5. The van der Waals surface area contributed by atoms with Crippen LogP contribution in [0.2, 0.25) is 20.1 Å². The Morgan fingerprint density at radius 3 is 1.02 bits per heavy atom. The highest BCUT2D eigenvalue weighted by molar-refractivity contribution is 6.32. The summed E-state index contributed by atoms with van der Waals surface area (Å²) in [5.74, 6) is 2.26. The number of hydrogen-bond donors (Lipinski definition) is 0. The fourth-order valence-electron chi connectivity index (χ4n) is 15.5. The number of pyridine rings is 4. The smallest absolute Gasteiger partial charge is 0.410 e. The summed E-state index contributed by atoms with van der Waals surface area (Å²) in [5, 5.41) is 2.12. The summed E-state index contributed by atoms with van der Waals surface area (Å²) in [6.07, 6.45) is 17.9. The van der Waals surface area contributed by atoms with E-state index in [1.807, 2.05) is 69.0 Å². The van der Waals surface area contributed by atoms with E-state index in [0.29, 0.717) is 185 Å². The Bertz CT molecular complexity index is 5660. The summed E-state index contributed by atoms with van der Waals surface area (Å²) >= 11 is 24.4. The van der Waals surface area contributed by atoms with Gasteiger partial charge in [-0.2, -0.15) is 4.39 Å². The van der Waals surface area contributed by atoms with Gasteiger partial charge in [-0.05, 0) is 217 Å². The van der Waals surface area contributed by atoms with Gasteiger partial charge in [0.05, 0.1) is 69.4 Å². The van der Waals surface area contributed by atoms with Gasteiger partial charge in [-0.3, -0.25) is 4.79 Å². The summed E-state index contributed by atoms with van der Waals surface area (Å²) in [4.78, 5) is 45.3. The van der Waals surface area contributed by atoms with E-state index in [9.17, 15) is 14.0 Å². The van der Waals surface area contributed by atoms with Crippen LogP contribution in [-0.2, 0) is 35.2 Å². The molecule has 25 heteroatoms. The van der Waals surface area contributed by atoms with Gasteiger partial charge in [0.25, 0.3) is 0 Å². The lowest BCUT2D eigenvalue weighted by atomic mass is 9.97. The first kappa shape index (κ1) is 93.7. The van der Waals surface area contributed by atoms with Crippen molar-refractivity contribution in [3.8, 4) is 85.1 Å². The van der Waals surface area contributed by atoms with Gasteiger partial charge in [-0.1, -0.05) is 163 Å². The van der Waals surface area contributed by atoms with Gasteiger partial charge >= 0.3 is 6.09 Å². The van der Waals surface area contributed by atoms with Crippen LogP contribution in [0.25, 0.3) is 44.5 Å². The molecular weight excluding hydrogens is 1690 g/mol. The van der Waals surface area contributed by atoms with Crippen LogP contribution < -0.4 is 33.2 Å². The number of methoxy groups -OCH3 is 4. The first-order chi connectivity index (χ1) is 60.9. The maximum absolute atomic E-state index is 15.6. The van der Waals surface area contributed by atoms with Crippen molar-refractivity contribution in [3.63, 3.8) is 0 Å². The fraction of sp³-hybridized carbons (Fsp3) is 0.307. The van der Waals surface area contributed by atoms with Gasteiger partial charge in [-0.15, -0.1) is 0 Å². The van der Waals surface area contributed by atoms with Crippen LogP contribution in [0.15, 0.2) is 219 Å². The molecule has 2 aliphatic heterocycles. The highest BCUT2D eigenvalue weighted by Crippen LogP contribution is 2.42. The monoisotopic (exact) mass is 1790 g/mol. The SMILES string of the molecule is CCCC(=O)N1CCC[C@@H]1COc1ccc(Cc2ccc(OC)c(-c3cccc(Cl)c3)c2F)cn1.COc1ccc(Cc2ccc(F)nc2)c(F)c1-c1cccc(Cl)c1.COc1ccc(Cc2ccc(OCC3CCCC3)nc2)c(F)c1-c1cccc(Cl)c1.COc1ccc(Cc2ccc(OC[C@H]3CCCN3C(=O)OC(C)(C)C)nc2)c(F)c1-c1cccc(Cl)c1. The molecule has 0 unspecified atom stereocenters. The minimum atomic E-state index is -0.562. The number of ether oxygens (including phenoxy) is 8. The molecular formula is C101H101Cl4F5N6O10. The predicted octanol–water partition coefficient (Wildman–Crippen LogP) is 25.2. The standard InChI is InChI=1S/C29H32ClFN2O4.C28H30ClFN2O3.C25H25ClFNO2.C19H14ClF2NO/c1-29(2,3)37-28(34)33-14-6-9-23(33)18-36-25-13-10-19(17-32-25)15-21-11-12-24(35-4)26(27(21)31)20-7-5-8-22(30)16-20;1-3-6-26(33)32-14-5-9-23(32)18-35-25-13-10-19(17-31-25)15-21-11-12-24(34-2)27(28(21)30)20-7-4-8-22(29)16-20;1-29-22-11-10-20(25(27)24(22)19-7-4-8-21(26)14-19)13-18-9-12-23(28-15-18)30-16-17-5-2-3-6-17;1-24-16-7-6-14(9-12-5-8-17(21)23-11-12)19(22)18(16)13-3-2-4-15(20)10-13/h5,7-8,10-13,16-17,23H,6,9,14-15,18H2,1-4H3;4,7-8,10-13,16-17,23H,3,5-6,9,14-15,18H2,1-2H3;4,7-12,14-15,17H,2-3,5-6,13,16H2,1H3;2-8,10-11H,9H2,1H3/t2*23-;;/m11../s1. The second kappa shape index (κ2) is 45.1. The first-order valence-electron chi connectivity index (χ1n) is 41.9. The Balaban J connectivity index is 0.000000154. The Hall–Kier alpha value is -11.5. The third-order valence-corrected chi connectivity index (χ3v) is 22.7. The van der Waals surface area contributed by atoms with Gasteiger partial charge < -0.3 is 47.7 Å². The van der Waals surface area contributed by atoms with Crippen molar-refractivity contribution in [1.82, 2.24) is 29.7 Å². The number of nitrogens with zero attached hydrogens (tertiary/aromatic N) is 6. The number of aromatic nitrogens is 4. The molecule has 0 radical (unpaired) electrons. The van der Waals surface area contributed by atoms with Crippen LogP contribution in [0.3, 0.4) is 0 Å². The van der Waals surface area contributed by atoms with E-state index in [-0.39, 0.29) is 47.4 Å². The molecule has 2 saturated heterocycles. The molecule has 6 heterocycles.